The minimum absolute atomic E-state index is 0.369. The Hall–Kier alpha value is -1.36. The number of rotatable bonds is 10. The van der Waals surface area contributed by atoms with Crippen molar-refractivity contribution in [2.45, 2.75) is 39.7 Å². The maximum Gasteiger partial charge on any atom is 0.167 e. The van der Waals surface area contributed by atoms with Crippen molar-refractivity contribution < 1.29 is 4.43 Å². The molecule has 0 N–H and O–H groups in total. The van der Waals surface area contributed by atoms with E-state index in [1.807, 2.05) is 0 Å². The number of likely N-dealkylation sites (N-methyl/N-ethyl adjacent to an activating group) is 1. The zero-order valence-corrected chi connectivity index (χ0v) is 19.1. The van der Waals surface area contributed by atoms with E-state index in [1.54, 1.807) is 11.3 Å². The molecule has 4 heteroatoms. The van der Waals surface area contributed by atoms with Gasteiger partial charge in [0.05, 0.1) is 6.61 Å². The minimum Gasteiger partial charge on any atom is -0.422 e. The predicted octanol–water partition coefficient (Wildman–Crippen LogP) is 5.70. The zero-order valence-electron chi connectivity index (χ0n) is 16.9. The van der Waals surface area contributed by atoms with Gasteiger partial charge in [-0.1, -0.05) is 52.0 Å². The quantitative estimate of drug-likeness (QED) is 0.383. The second-order valence-corrected chi connectivity index (χ2v) is 11.2. The molecule has 0 radical (unpaired) electrons. The maximum absolute atomic E-state index is 6.10. The minimum atomic E-state index is -0.508. The van der Waals surface area contributed by atoms with Crippen molar-refractivity contribution in [1.82, 2.24) is 0 Å². The highest BCUT2D eigenvalue weighted by molar-refractivity contribution is 7.10. The Morgan fingerprint density at radius 2 is 1.88 bits per heavy atom. The van der Waals surface area contributed by atoms with E-state index in [2.05, 4.69) is 93.4 Å². The van der Waals surface area contributed by atoms with Crippen LogP contribution in [0.2, 0.25) is 5.04 Å². The van der Waals surface area contributed by atoms with E-state index in [4.69, 9.17) is 4.43 Å². The molecule has 0 saturated carbocycles. The molecule has 0 aliphatic carbocycles. The Labute approximate surface area is 165 Å². The standard InChI is InChI=1S/C22H33NOSSi/c1-6-23(15-16-24-26-22(4,5)18(2)3)20-12-9-19(10-13-20)11-14-21-8-7-17-25-21/h7-14,17-18H,6,15-16,26H2,1-5H3. The normalized spacial score (nSPS) is 12.7. The average molecular weight is 388 g/mol. The summed E-state index contributed by atoms with van der Waals surface area (Å²) in [7, 11) is -0.508. The van der Waals surface area contributed by atoms with Gasteiger partial charge >= 0.3 is 0 Å². The van der Waals surface area contributed by atoms with E-state index in [9.17, 15) is 0 Å². The van der Waals surface area contributed by atoms with Crippen LogP contribution >= 0.6 is 11.3 Å². The first-order chi connectivity index (χ1) is 12.4. The first-order valence-corrected chi connectivity index (χ1v) is 11.7. The third-order valence-electron chi connectivity index (χ3n) is 5.17. The van der Waals surface area contributed by atoms with Crippen LogP contribution in [-0.4, -0.2) is 29.5 Å². The van der Waals surface area contributed by atoms with Crippen molar-refractivity contribution in [2.24, 2.45) is 5.92 Å². The van der Waals surface area contributed by atoms with Crippen LogP contribution < -0.4 is 4.90 Å². The molecule has 0 aliphatic rings. The highest BCUT2D eigenvalue weighted by Gasteiger charge is 2.23. The van der Waals surface area contributed by atoms with Gasteiger partial charge in [-0.25, -0.2) is 0 Å². The SMILES string of the molecule is CCN(CCO[SiH2]C(C)(C)C(C)C)c1ccc(C=Cc2cccs2)cc1. The van der Waals surface area contributed by atoms with E-state index >= 15 is 0 Å². The second kappa shape index (κ2) is 10.1. The van der Waals surface area contributed by atoms with Crippen LogP contribution in [0, 0.1) is 5.92 Å². The summed E-state index contributed by atoms with van der Waals surface area (Å²) in [5.41, 5.74) is 2.51. The van der Waals surface area contributed by atoms with Crippen molar-refractivity contribution >= 4 is 38.9 Å². The first-order valence-electron chi connectivity index (χ1n) is 9.56. The third kappa shape index (κ3) is 6.42. The molecule has 1 aromatic carbocycles. The summed E-state index contributed by atoms with van der Waals surface area (Å²) in [6.07, 6.45) is 4.35. The molecule has 2 rings (SSSR count). The molecule has 0 atom stereocenters. The molecule has 0 fully saturated rings. The lowest BCUT2D eigenvalue weighted by atomic mass is 9.99. The van der Waals surface area contributed by atoms with Crippen LogP contribution in [0.3, 0.4) is 0 Å². The molecule has 2 nitrogen and oxygen atoms in total. The van der Waals surface area contributed by atoms with Gasteiger partial charge in [0.25, 0.3) is 0 Å². The molecular weight excluding hydrogens is 354 g/mol. The summed E-state index contributed by atoms with van der Waals surface area (Å²) in [6, 6.07) is 13.0. The molecule has 26 heavy (non-hydrogen) atoms. The van der Waals surface area contributed by atoms with Crippen LogP contribution in [0.15, 0.2) is 41.8 Å². The van der Waals surface area contributed by atoms with Crippen molar-refractivity contribution in [3.8, 4) is 0 Å². The van der Waals surface area contributed by atoms with Gasteiger partial charge in [-0.15, -0.1) is 11.3 Å². The Morgan fingerprint density at radius 3 is 2.46 bits per heavy atom. The lowest BCUT2D eigenvalue weighted by Crippen LogP contribution is -2.29. The van der Waals surface area contributed by atoms with Crippen LogP contribution in [0.1, 0.15) is 45.1 Å². The largest absolute Gasteiger partial charge is 0.422 e. The highest BCUT2D eigenvalue weighted by atomic mass is 32.1. The molecule has 0 unspecified atom stereocenters. The third-order valence-corrected chi connectivity index (χ3v) is 8.06. The van der Waals surface area contributed by atoms with Gasteiger partial charge in [0, 0.05) is 23.7 Å². The Bertz CT molecular complexity index is 662. The van der Waals surface area contributed by atoms with E-state index in [1.165, 1.54) is 16.1 Å². The topological polar surface area (TPSA) is 12.5 Å². The molecule has 0 saturated heterocycles. The first kappa shape index (κ1) is 20.9. The fourth-order valence-electron chi connectivity index (χ4n) is 2.51. The number of thiophene rings is 1. The van der Waals surface area contributed by atoms with Gasteiger partial charge in [-0.2, -0.15) is 0 Å². The van der Waals surface area contributed by atoms with E-state index in [-0.39, 0.29) is 0 Å². The lowest BCUT2D eigenvalue weighted by molar-refractivity contribution is 0.307. The maximum atomic E-state index is 6.10. The summed E-state index contributed by atoms with van der Waals surface area (Å²) >= 11 is 1.76. The highest BCUT2D eigenvalue weighted by Crippen LogP contribution is 2.32. The Kier molecular flexibility index (Phi) is 8.13. The summed E-state index contributed by atoms with van der Waals surface area (Å²) in [4.78, 5) is 3.68. The van der Waals surface area contributed by atoms with Gasteiger partial charge in [0.1, 0.15) is 0 Å². The van der Waals surface area contributed by atoms with E-state index in [0.29, 0.717) is 11.0 Å². The van der Waals surface area contributed by atoms with Crippen LogP contribution in [-0.2, 0) is 4.43 Å². The molecule has 1 aromatic heterocycles. The fraction of sp³-hybridized carbons (Fsp3) is 0.455. The second-order valence-electron chi connectivity index (χ2n) is 7.72. The molecule has 142 valence electrons. The van der Waals surface area contributed by atoms with Crippen molar-refractivity contribution in [2.75, 3.05) is 24.6 Å². The van der Waals surface area contributed by atoms with Crippen molar-refractivity contribution in [1.29, 1.82) is 0 Å². The number of hydrogen-bond acceptors (Lipinski definition) is 3. The molecule has 0 spiro atoms. The van der Waals surface area contributed by atoms with Crippen LogP contribution in [0.4, 0.5) is 5.69 Å². The molecule has 0 amide bonds. The number of nitrogens with zero attached hydrogens (tertiary/aromatic N) is 1. The number of anilines is 1. The fourth-order valence-corrected chi connectivity index (χ4v) is 4.26. The van der Waals surface area contributed by atoms with Crippen LogP contribution in [0.25, 0.3) is 12.2 Å². The molecule has 0 aliphatic heterocycles. The zero-order chi connectivity index (χ0) is 19.0. The molecular formula is C22H33NOSSi. The monoisotopic (exact) mass is 387 g/mol. The smallest absolute Gasteiger partial charge is 0.167 e. The van der Waals surface area contributed by atoms with E-state index < -0.39 is 9.76 Å². The average Bonchev–Trinajstić information content (AvgIpc) is 3.14. The molecule has 2 aromatic rings. The van der Waals surface area contributed by atoms with E-state index in [0.717, 1.165) is 19.7 Å². The summed E-state index contributed by atoms with van der Waals surface area (Å²) < 4.78 is 6.10. The van der Waals surface area contributed by atoms with Gasteiger partial charge in [0.15, 0.2) is 9.76 Å². The van der Waals surface area contributed by atoms with Crippen molar-refractivity contribution in [3.05, 3.63) is 52.2 Å². The molecule has 0 bridgehead atoms. The van der Waals surface area contributed by atoms with Gasteiger partial charge < -0.3 is 9.33 Å². The van der Waals surface area contributed by atoms with Gasteiger partial charge in [-0.3, -0.25) is 0 Å². The van der Waals surface area contributed by atoms with Gasteiger partial charge in [-0.05, 0) is 53.1 Å². The lowest BCUT2D eigenvalue weighted by Gasteiger charge is -2.29. The van der Waals surface area contributed by atoms with Crippen LogP contribution in [0.5, 0.6) is 0 Å². The number of hydrogen-bond donors (Lipinski definition) is 0. The van der Waals surface area contributed by atoms with Gasteiger partial charge in [0.2, 0.25) is 0 Å². The summed E-state index contributed by atoms with van der Waals surface area (Å²) in [5.74, 6) is 0.686. The predicted molar refractivity (Wildman–Crippen MR) is 121 cm³/mol. The number of benzene rings is 1. The summed E-state index contributed by atoms with van der Waals surface area (Å²) in [6.45, 7) is 14.3. The Balaban J connectivity index is 1.85. The summed E-state index contributed by atoms with van der Waals surface area (Å²) in [5, 5.41) is 2.47. The van der Waals surface area contributed by atoms with Crippen molar-refractivity contribution in [3.63, 3.8) is 0 Å². The Morgan fingerprint density at radius 1 is 1.15 bits per heavy atom. The molecule has 1 heterocycles.